The highest BCUT2D eigenvalue weighted by Gasteiger charge is 2.53. The molecule has 3 saturated heterocycles. The van der Waals surface area contributed by atoms with Crippen LogP contribution < -0.4 is 5.32 Å². The number of nitrogens with one attached hydrogen (secondary N) is 1. The van der Waals surface area contributed by atoms with E-state index in [2.05, 4.69) is 104 Å². The molecule has 1 amide bonds. The van der Waals surface area contributed by atoms with E-state index in [1.807, 2.05) is 6.08 Å². The number of aliphatic hydroxyl groups is 11. The summed E-state index contributed by atoms with van der Waals surface area (Å²) in [6, 6.07) is -0.997. The second-order valence-electron chi connectivity index (χ2n) is 22.8. The van der Waals surface area contributed by atoms with Crippen molar-refractivity contribution >= 4 is 5.91 Å². The largest absolute Gasteiger partial charge is 0.394 e. The summed E-state index contributed by atoms with van der Waals surface area (Å²) in [6.45, 7) is 1.54. The third kappa shape index (κ3) is 31.0. The Morgan fingerprint density at radius 3 is 1.30 bits per heavy atom. The Hall–Kier alpha value is -3.29. The predicted octanol–water partition coefficient (Wildman–Crippen LogP) is 7.32. The summed E-state index contributed by atoms with van der Waals surface area (Å²) in [7, 11) is 0. The number of rotatable bonds is 47. The van der Waals surface area contributed by atoms with Gasteiger partial charge < -0.3 is 89.9 Å². The van der Waals surface area contributed by atoms with E-state index in [-0.39, 0.29) is 18.9 Å². The molecule has 0 saturated carbocycles. The minimum Gasteiger partial charge on any atom is -0.394 e. The van der Waals surface area contributed by atoms with Gasteiger partial charge >= 0.3 is 0 Å². The van der Waals surface area contributed by atoms with E-state index in [0.29, 0.717) is 12.8 Å². The van der Waals surface area contributed by atoms with Crippen molar-refractivity contribution < 1.29 is 89.4 Å². The van der Waals surface area contributed by atoms with Crippen LogP contribution in [-0.2, 0) is 33.2 Å². The minimum absolute atomic E-state index is 0.224. The molecule has 3 aliphatic rings. The van der Waals surface area contributed by atoms with Crippen molar-refractivity contribution in [3.05, 3.63) is 97.2 Å². The number of carbonyl (C=O) groups excluding carboxylic acids is 1. The van der Waals surface area contributed by atoms with E-state index in [0.717, 1.165) is 89.9 Å². The number of ether oxygens (including phenoxy) is 6. The first kappa shape index (κ1) is 77.0. The van der Waals surface area contributed by atoms with Gasteiger partial charge in [-0.3, -0.25) is 4.79 Å². The topological polar surface area (TPSA) is 307 Å². The second kappa shape index (κ2) is 48.5. The second-order valence-corrected chi connectivity index (χ2v) is 22.8. The maximum absolute atomic E-state index is 13.3. The predicted molar refractivity (Wildman–Crippen MR) is 332 cm³/mol. The summed E-state index contributed by atoms with van der Waals surface area (Å²) in [4.78, 5) is 13.3. The van der Waals surface area contributed by atoms with Crippen LogP contribution >= 0.6 is 0 Å². The number of hydrogen-bond acceptors (Lipinski definition) is 18. The molecule has 494 valence electrons. The average molecular weight is 1220 g/mol. The molecule has 12 N–H and O–H groups in total. The molecule has 0 aromatic heterocycles. The van der Waals surface area contributed by atoms with Gasteiger partial charge in [-0.25, -0.2) is 0 Å². The van der Waals surface area contributed by atoms with E-state index in [4.69, 9.17) is 28.4 Å². The van der Waals surface area contributed by atoms with E-state index < -0.39 is 124 Å². The van der Waals surface area contributed by atoms with Crippen LogP contribution in [0.5, 0.6) is 0 Å². The zero-order valence-electron chi connectivity index (χ0n) is 51.7. The Morgan fingerprint density at radius 1 is 0.430 bits per heavy atom. The lowest BCUT2D eigenvalue weighted by Gasteiger charge is -2.48. The number of amides is 1. The Bertz CT molecular complexity index is 1940. The van der Waals surface area contributed by atoms with Crippen LogP contribution in [0.25, 0.3) is 0 Å². The van der Waals surface area contributed by atoms with Gasteiger partial charge in [0.05, 0.1) is 38.6 Å². The van der Waals surface area contributed by atoms with Crippen molar-refractivity contribution in [1.82, 2.24) is 5.32 Å². The Kier molecular flexibility index (Phi) is 43.4. The molecule has 0 aromatic rings. The van der Waals surface area contributed by atoms with Crippen molar-refractivity contribution in [3.8, 4) is 0 Å². The first-order valence-electron chi connectivity index (χ1n) is 32.5. The molecule has 0 radical (unpaired) electrons. The fourth-order valence-electron chi connectivity index (χ4n) is 10.3. The Balaban J connectivity index is 1.42. The van der Waals surface area contributed by atoms with Crippen molar-refractivity contribution in [1.29, 1.82) is 0 Å². The lowest BCUT2D eigenvalue weighted by atomic mass is 9.96. The van der Waals surface area contributed by atoms with Crippen LogP contribution in [0.15, 0.2) is 97.2 Å². The molecule has 3 heterocycles. The van der Waals surface area contributed by atoms with E-state index in [9.17, 15) is 61.0 Å². The van der Waals surface area contributed by atoms with Gasteiger partial charge in [0, 0.05) is 6.42 Å². The normalized spacial score (nSPS) is 29.4. The molecule has 19 nitrogen and oxygen atoms in total. The van der Waals surface area contributed by atoms with Gasteiger partial charge in [0.15, 0.2) is 18.9 Å². The first-order valence-corrected chi connectivity index (χ1v) is 32.5. The van der Waals surface area contributed by atoms with Gasteiger partial charge in [-0.2, -0.15) is 0 Å². The standard InChI is InChI=1S/C67H113NO18/c1-3-5-7-9-11-13-15-17-18-19-20-21-22-23-24-25-26-27-28-29-30-31-32-33-35-37-39-41-43-45-55(73)68-50(51(72)44-42-40-38-36-34-16-14-12-10-8-6-4-2)49-81-65-61(79)58(76)63(53(47-70)83-65)86-67-62(80)59(77)64(54(48-71)84-67)85-66-60(78)57(75)56(74)52(46-69)82-66/h5,7,11,13,17-18,20-21,23-24,26-27,34,36,42,44,50-54,56-67,69-72,74-80H,3-4,6,8-10,12,14-16,19,22,25,28-33,35,37-41,43,45-49H2,1-2H3,(H,68,73)/b7-5-,13-11-,18-17-,21-20-,24-23-,27-26-,36-34+,44-42+. The number of hydrogen-bond donors (Lipinski definition) is 12. The SMILES string of the molecule is CC/C=C\C/C=C\C/C=C\C/C=C\C/C=C\C/C=C\CCCCCCCCCCCCC(=O)NC(COC1OC(CO)C(OC2OC(CO)C(OC3OC(CO)C(O)C(O)C3O)C(O)C2O)C(O)C1O)C(O)/C=C/CC/C=C/CCCCCCCC. The van der Waals surface area contributed by atoms with Gasteiger partial charge in [-0.1, -0.05) is 195 Å². The maximum atomic E-state index is 13.3. The number of allylic oxidation sites excluding steroid dienone is 15. The Labute approximate surface area is 513 Å². The molecule has 3 fully saturated rings. The van der Waals surface area contributed by atoms with Crippen molar-refractivity contribution in [2.45, 2.75) is 291 Å². The van der Waals surface area contributed by atoms with Gasteiger partial charge in [-0.15, -0.1) is 0 Å². The highest BCUT2D eigenvalue weighted by molar-refractivity contribution is 5.76. The smallest absolute Gasteiger partial charge is 0.220 e. The van der Waals surface area contributed by atoms with Crippen molar-refractivity contribution in [3.63, 3.8) is 0 Å². The molecule has 3 aliphatic heterocycles. The number of aliphatic hydroxyl groups excluding tert-OH is 11. The molecule has 0 bridgehead atoms. The molecule has 17 atom stereocenters. The van der Waals surface area contributed by atoms with Gasteiger partial charge in [0.25, 0.3) is 0 Å². The van der Waals surface area contributed by atoms with Crippen LogP contribution in [0.3, 0.4) is 0 Å². The van der Waals surface area contributed by atoms with E-state index in [1.165, 1.54) is 64.2 Å². The third-order valence-corrected chi connectivity index (χ3v) is 15.6. The molecule has 0 aromatic carbocycles. The van der Waals surface area contributed by atoms with Crippen LogP contribution in [0, 0.1) is 0 Å². The zero-order valence-corrected chi connectivity index (χ0v) is 51.7. The monoisotopic (exact) mass is 1220 g/mol. The number of unbranched alkanes of at least 4 members (excludes halogenated alkanes) is 17. The lowest BCUT2D eigenvalue weighted by Crippen LogP contribution is -2.66. The lowest BCUT2D eigenvalue weighted by molar-refractivity contribution is -0.379. The summed E-state index contributed by atoms with van der Waals surface area (Å²) in [6.07, 6.45) is 35.4. The van der Waals surface area contributed by atoms with Crippen LogP contribution in [-0.4, -0.2) is 193 Å². The van der Waals surface area contributed by atoms with Crippen LogP contribution in [0.2, 0.25) is 0 Å². The molecular formula is C67H113NO18. The first-order chi connectivity index (χ1) is 41.8. The fourth-order valence-corrected chi connectivity index (χ4v) is 10.3. The van der Waals surface area contributed by atoms with Crippen LogP contribution in [0.4, 0.5) is 0 Å². The molecule has 19 heteroatoms. The molecule has 0 aliphatic carbocycles. The maximum Gasteiger partial charge on any atom is 0.220 e. The van der Waals surface area contributed by atoms with E-state index >= 15 is 0 Å². The molecule has 86 heavy (non-hydrogen) atoms. The van der Waals surface area contributed by atoms with Crippen LogP contribution in [0.1, 0.15) is 187 Å². The highest BCUT2D eigenvalue weighted by Crippen LogP contribution is 2.33. The fraction of sp³-hybridized carbons (Fsp3) is 0.746. The molecular weight excluding hydrogens is 1110 g/mol. The zero-order chi connectivity index (χ0) is 62.6. The average Bonchev–Trinajstić information content (AvgIpc) is 2.62. The Morgan fingerprint density at radius 2 is 0.814 bits per heavy atom. The quantitative estimate of drug-likeness (QED) is 0.0210. The minimum atomic E-state index is -1.98. The molecule has 17 unspecified atom stereocenters. The summed E-state index contributed by atoms with van der Waals surface area (Å²) in [5.74, 6) is -0.297. The van der Waals surface area contributed by atoms with Crippen molar-refractivity contribution in [2.75, 3.05) is 26.4 Å². The third-order valence-electron chi connectivity index (χ3n) is 15.6. The molecule has 0 spiro atoms. The van der Waals surface area contributed by atoms with Gasteiger partial charge in [-0.05, 0) is 83.5 Å². The number of carbonyl (C=O) groups is 1. The van der Waals surface area contributed by atoms with E-state index in [1.54, 1.807) is 6.08 Å². The van der Waals surface area contributed by atoms with Crippen molar-refractivity contribution in [2.24, 2.45) is 0 Å². The van der Waals surface area contributed by atoms with Gasteiger partial charge in [0.2, 0.25) is 5.91 Å². The van der Waals surface area contributed by atoms with Gasteiger partial charge in [0.1, 0.15) is 73.2 Å². The summed E-state index contributed by atoms with van der Waals surface area (Å²) in [5, 5.41) is 120. The highest BCUT2D eigenvalue weighted by atomic mass is 16.8. The molecule has 3 rings (SSSR count). The summed E-state index contributed by atoms with van der Waals surface area (Å²) >= 11 is 0. The summed E-state index contributed by atoms with van der Waals surface area (Å²) < 4.78 is 34.2. The summed E-state index contributed by atoms with van der Waals surface area (Å²) in [5.41, 5.74) is 0.